The zero-order chi connectivity index (χ0) is 22.5. The van der Waals surface area contributed by atoms with Gasteiger partial charge in [-0.2, -0.15) is 0 Å². The fourth-order valence-corrected chi connectivity index (χ4v) is 4.41. The Kier molecular flexibility index (Phi) is 7.69. The zero-order valence-corrected chi connectivity index (χ0v) is 17.5. The smallest absolute Gasteiger partial charge is 0.169 e. The van der Waals surface area contributed by atoms with E-state index in [2.05, 4.69) is 13.2 Å². The van der Waals surface area contributed by atoms with Crippen LogP contribution in [0.2, 0.25) is 0 Å². The Hall–Kier alpha value is -2.43. The quantitative estimate of drug-likeness (QED) is 0.288. The van der Waals surface area contributed by atoms with E-state index in [1.54, 1.807) is 6.08 Å². The molecular formula is C26H27F5. The number of rotatable bonds is 8. The van der Waals surface area contributed by atoms with Crippen LogP contribution < -0.4 is 0 Å². The van der Waals surface area contributed by atoms with Crippen molar-refractivity contribution in [3.05, 3.63) is 77.9 Å². The molecule has 3 rings (SSSR count). The van der Waals surface area contributed by atoms with Crippen molar-refractivity contribution in [2.45, 2.75) is 51.4 Å². The first-order valence-electron chi connectivity index (χ1n) is 10.7. The van der Waals surface area contributed by atoms with Gasteiger partial charge >= 0.3 is 0 Å². The van der Waals surface area contributed by atoms with Crippen molar-refractivity contribution >= 4 is 16.6 Å². The molecule has 166 valence electrons. The molecule has 31 heavy (non-hydrogen) atoms. The van der Waals surface area contributed by atoms with Crippen LogP contribution in [-0.2, 0) is 6.42 Å². The van der Waals surface area contributed by atoms with Gasteiger partial charge < -0.3 is 0 Å². The highest BCUT2D eigenvalue weighted by Crippen LogP contribution is 2.40. The minimum Gasteiger partial charge on any atom is -0.208 e. The Morgan fingerprint density at radius 1 is 0.903 bits per heavy atom. The second-order valence-electron chi connectivity index (χ2n) is 8.26. The van der Waals surface area contributed by atoms with Gasteiger partial charge in [0.15, 0.2) is 17.5 Å². The van der Waals surface area contributed by atoms with E-state index < -0.39 is 46.0 Å². The van der Waals surface area contributed by atoms with Crippen molar-refractivity contribution in [3.8, 4) is 0 Å². The van der Waals surface area contributed by atoms with Gasteiger partial charge in [0.05, 0.1) is 5.39 Å². The minimum absolute atomic E-state index is 0.0902. The van der Waals surface area contributed by atoms with Crippen molar-refractivity contribution < 1.29 is 22.0 Å². The maximum Gasteiger partial charge on any atom is 0.169 e. The summed E-state index contributed by atoms with van der Waals surface area (Å²) in [6, 6.07) is 3.73. The molecule has 0 N–H and O–H groups in total. The average molecular weight is 434 g/mol. The highest BCUT2D eigenvalue weighted by molar-refractivity contribution is 5.88. The van der Waals surface area contributed by atoms with Crippen molar-refractivity contribution in [2.24, 2.45) is 11.8 Å². The maximum absolute atomic E-state index is 15.0. The largest absolute Gasteiger partial charge is 0.208 e. The number of allylic oxidation sites excluding steroid dienone is 3. The second-order valence-corrected chi connectivity index (χ2v) is 8.26. The van der Waals surface area contributed by atoms with E-state index in [9.17, 15) is 17.6 Å². The fourth-order valence-electron chi connectivity index (χ4n) is 4.41. The molecule has 1 aliphatic carbocycles. The highest BCUT2D eigenvalue weighted by Gasteiger charge is 2.28. The topological polar surface area (TPSA) is 0 Å². The van der Waals surface area contributed by atoms with E-state index in [1.165, 1.54) is 12.1 Å². The molecule has 1 saturated carbocycles. The number of benzene rings is 2. The Balaban J connectivity index is 1.91. The van der Waals surface area contributed by atoms with Gasteiger partial charge in [0.2, 0.25) is 0 Å². The first-order valence-corrected chi connectivity index (χ1v) is 10.7. The number of hydrogen-bond donors (Lipinski definition) is 0. The minimum atomic E-state index is -1.38. The summed E-state index contributed by atoms with van der Waals surface area (Å²) in [4.78, 5) is 0. The second kappa shape index (κ2) is 10.3. The lowest BCUT2D eigenvalue weighted by molar-refractivity contribution is 0.263. The average Bonchev–Trinajstić information content (AvgIpc) is 2.78. The van der Waals surface area contributed by atoms with Gasteiger partial charge in [-0.05, 0) is 80.4 Å². The van der Waals surface area contributed by atoms with E-state index >= 15 is 4.39 Å². The molecule has 0 amide bonds. The Morgan fingerprint density at radius 3 is 2.23 bits per heavy atom. The number of aryl methyl sites for hydroxylation is 1. The summed E-state index contributed by atoms with van der Waals surface area (Å²) in [7, 11) is 0. The van der Waals surface area contributed by atoms with Crippen LogP contribution in [0.15, 0.2) is 49.3 Å². The Morgan fingerprint density at radius 2 is 1.58 bits per heavy atom. The standard InChI is InChI=1S/C26H27F5/c1-3-5-7-16-9-11-17(12-10-16)22(27)25(30)20-14-13-18-15-19(8-6-4-2)23(28)26(31)21(18)24(20)29/h3-4,13-17H,1-2,5-12H2. The third-order valence-electron chi connectivity index (χ3n) is 6.25. The lowest BCUT2D eigenvalue weighted by Crippen LogP contribution is -2.15. The third kappa shape index (κ3) is 4.91. The van der Waals surface area contributed by atoms with Crippen LogP contribution in [0.4, 0.5) is 22.0 Å². The van der Waals surface area contributed by atoms with Gasteiger partial charge in [0.25, 0.3) is 0 Å². The van der Waals surface area contributed by atoms with Gasteiger partial charge in [0.1, 0.15) is 11.6 Å². The van der Waals surface area contributed by atoms with Gasteiger partial charge in [-0.15, -0.1) is 13.2 Å². The molecule has 0 saturated heterocycles. The molecule has 2 aromatic carbocycles. The zero-order valence-electron chi connectivity index (χ0n) is 17.5. The normalized spacial score (nSPS) is 19.9. The number of halogens is 5. The first-order chi connectivity index (χ1) is 14.9. The molecule has 0 aliphatic heterocycles. The molecule has 2 aromatic rings. The van der Waals surface area contributed by atoms with Crippen LogP contribution in [0.3, 0.4) is 0 Å². The van der Waals surface area contributed by atoms with Gasteiger partial charge in [-0.3, -0.25) is 0 Å². The van der Waals surface area contributed by atoms with E-state index in [1.807, 2.05) is 6.08 Å². The lowest BCUT2D eigenvalue weighted by Gasteiger charge is -2.27. The van der Waals surface area contributed by atoms with Crippen LogP contribution in [0.1, 0.15) is 56.1 Å². The van der Waals surface area contributed by atoms with E-state index in [0.717, 1.165) is 31.7 Å². The third-order valence-corrected chi connectivity index (χ3v) is 6.25. The molecule has 1 fully saturated rings. The van der Waals surface area contributed by atoms with E-state index in [4.69, 9.17) is 0 Å². The van der Waals surface area contributed by atoms with E-state index in [-0.39, 0.29) is 17.4 Å². The molecule has 1 aliphatic rings. The summed E-state index contributed by atoms with van der Waals surface area (Å²) >= 11 is 0. The number of fused-ring (bicyclic) bond motifs is 1. The maximum atomic E-state index is 15.0. The number of hydrogen-bond acceptors (Lipinski definition) is 0. The predicted octanol–water partition coefficient (Wildman–Crippen LogP) is 8.76. The highest BCUT2D eigenvalue weighted by atomic mass is 19.2. The summed E-state index contributed by atoms with van der Waals surface area (Å²) in [6.07, 6.45) is 8.42. The summed E-state index contributed by atoms with van der Waals surface area (Å²) in [5, 5.41) is -0.552. The van der Waals surface area contributed by atoms with Crippen LogP contribution in [-0.4, -0.2) is 0 Å². The Bertz CT molecular complexity index is 997. The molecule has 5 heteroatoms. The first kappa shape index (κ1) is 23.2. The van der Waals surface area contributed by atoms with Crippen LogP contribution in [0, 0.1) is 29.3 Å². The summed E-state index contributed by atoms with van der Waals surface area (Å²) in [5.41, 5.74) is -0.580. The molecule has 0 atom stereocenters. The van der Waals surface area contributed by atoms with Gasteiger partial charge in [-0.1, -0.05) is 18.2 Å². The van der Waals surface area contributed by atoms with E-state index in [0.29, 0.717) is 25.2 Å². The van der Waals surface area contributed by atoms with Gasteiger partial charge in [-0.25, -0.2) is 22.0 Å². The van der Waals surface area contributed by atoms with Crippen molar-refractivity contribution in [2.75, 3.05) is 0 Å². The van der Waals surface area contributed by atoms with Crippen molar-refractivity contribution in [1.29, 1.82) is 0 Å². The molecule has 0 aromatic heterocycles. The Labute approximate surface area is 180 Å². The summed E-state index contributed by atoms with van der Waals surface area (Å²) in [5.74, 6) is -6.35. The lowest BCUT2D eigenvalue weighted by atomic mass is 9.79. The molecular weight excluding hydrogens is 407 g/mol. The van der Waals surface area contributed by atoms with Crippen LogP contribution in [0.25, 0.3) is 16.6 Å². The molecule has 0 unspecified atom stereocenters. The van der Waals surface area contributed by atoms with Crippen LogP contribution >= 0.6 is 0 Å². The van der Waals surface area contributed by atoms with Crippen LogP contribution in [0.5, 0.6) is 0 Å². The molecule has 0 spiro atoms. The monoisotopic (exact) mass is 434 g/mol. The predicted molar refractivity (Wildman–Crippen MR) is 116 cm³/mol. The van der Waals surface area contributed by atoms with Crippen molar-refractivity contribution in [3.63, 3.8) is 0 Å². The van der Waals surface area contributed by atoms with Crippen molar-refractivity contribution in [1.82, 2.24) is 0 Å². The molecule has 0 nitrogen and oxygen atoms in total. The summed E-state index contributed by atoms with van der Waals surface area (Å²) < 4.78 is 73.7. The summed E-state index contributed by atoms with van der Waals surface area (Å²) in [6.45, 7) is 7.24. The molecule has 0 radical (unpaired) electrons. The SMILES string of the molecule is C=CCCc1cc2ccc(C(F)=C(F)C3CCC(CCC=C)CC3)c(F)c2c(F)c1F. The van der Waals surface area contributed by atoms with Gasteiger partial charge in [0, 0.05) is 11.5 Å². The molecule has 0 bridgehead atoms. The fraction of sp³-hybridized carbons (Fsp3) is 0.385. The molecule has 0 heterocycles.